The van der Waals surface area contributed by atoms with Crippen molar-refractivity contribution >= 4 is 0 Å². The molecule has 0 aliphatic rings. The lowest BCUT2D eigenvalue weighted by molar-refractivity contribution is 0.491. The largest absolute Gasteiger partial charge is 0.313 e. The Morgan fingerprint density at radius 2 is 1.89 bits per heavy atom. The molecule has 2 rings (SSSR count). The molecule has 1 heterocycles. The van der Waals surface area contributed by atoms with Crippen LogP contribution in [0.25, 0.3) is 5.69 Å². The van der Waals surface area contributed by atoms with Gasteiger partial charge in [0.2, 0.25) is 0 Å². The normalized spacial score (nSPS) is 10.9. The van der Waals surface area contributed by atoms with Crippen LogP contribution in [0.3, 0.4) is 0 Å². The summed E-state index contributed by atoms with van der Waals surface area (Å²) in [5.74, 6) is -3.16. The average molecular weight is 269 g/mol. The summed E-state index contributed by atoms with van der Waals surface area (Å²) in [6.07, 6.45) is 4.15. The van der Waals surface area contributed by atoms with Gasteiger partial charge >= 0.3 is 0 Å². The van der Waals surface area contributed by atoms with E-state index in [9.17, 15) is 13.2 Å². The van der Waals surface area contributed by atoms with Gasteiger partial charge in [0, 0.05) is 30.4 Å². The third-order valence-electron chi connectivity index (χ3n) is 2.63. The number of rotatable bonds is 5. The summed E-state index contributed by atoms with van der Waals surface area (Å²) >= 11 is 0. The van der Waals surface area contributed by atoms with E-state index < -0.39 is 17.5 Å². The van der Waals surface area contributed by atoms with Crippen molar-refractivity contribution in [1.29, 1.82) is 0 Å². The number of hydrogen-bond donors (Lipinski definition) is 1. The molecule has 0 atom stereocenters. The second-order valence-corrected chi connectivity index (χ2v) is 4.19. The number of halogens is 3. The van der Waals surface area contributed by atoms with Crippen LogP contribution in [0.4, 0.5) is 13.2 Å². The minimum absolute atomic E-state index is 0.111. The summed E-state index contributed by atoms with van der Waals surface area (Å²) < 4.78 is 40.7. The Morgan fingerprint density at radius 3 is 2.63 bits per heavy atom. The van der Waals surface area contributed by atoms with Gasteiger partial charge in [0.05, 0.1) is 6.20 Å². The van der Waals surface area contributed by atoms with Crippen LogP contribution in [0.15, 0.2) is 24.5 Å². The van der Waals surface area contributed by atoms with Crippen LogP contribution in [-0.4, -0.2) is 16.3 Å². The minimum Gasteiger partial charge on any atom is -0.313 e. The average Bonchev–Trinajstić information content (AvgIpc) is 2.83. The summed E-state index contributed by atoms with van der Waals surface area (Å²) in [5, 5.41) is 7.11. The van der Waals surface area contributed by atoms with Crippen molar-refractivity contribution in [2.45, 2.75) is 19.9 Å². The Morgan fingerprint density at radius 1 is 1.16 bits per heavy atom. The molecule has 1 aromatic heterocycles. The maximum absolute atomic E-state index is 13.5. The Balaban J connectivity index is 2.20. The van der Waals surface area contributed by atoms with Crippen LogP contribution in [0.5, 0.6) is 0 Å². The monoisotopic (exact) mass is 269 g/mol. The van der Waals surface area contributed by atoms with E-state index in [-0.39, 0.29) is 5.69 Å². The van der Waals surface area contributed by atoms with Crippen molar-refractivity contribution < 1.29 is 13.2 Å². The molecule has 1 aromatic carbocycles. The Bertz CT molecular complexity index is 566. The molecule has 0 unspecified atom stereocenters. The van der Waals surface area contributed by atoms with Crippen molar-refractivity contribution in [2.75, 3.05) is 6.54 Å². The van der Waals surface area contributed by atoms with Crippen molar-refractivity contribution in [3.05, 3.63) is 47.5 Å². The lowest BCUT2D eigenvalue weighted by Gasteiger charge is -2.04. The molecule has 19 heavy (non-hydrogen) atoms. The summed E-state index contributed by atoms with van der Waals surface area (Å²) in [4.78, 5) is 0. The summed E-state index contributed by atoms with van der Waals surface area (Å²) in [7, 11) is 0. The fourth-order valence-corrected chi connectivity index (χ4v) is 1.68. The SMILES string of the molecule is CCCNCc1cnn(-c2cc(F)c(F)cc2F)c1. The third kappa shape index (κ3) is 3.14. The highest BCUT2D eigenvalue weighted by molar-refractivity contribution is 5.34. The van der Waals surface area contributed by atoms with E-state index in [1.54, 1.807) is 12.4 Å². The first-order valence-corrected chi connectivity index (χ1v) is 6.01. The molecule has 0 aliphatic carbocycles. The smallest absolute Gasteiger partial charge is 0.161 e. The van der Waals surface area contributed by atoms with Gasteiger partial charge in [-0.1, -0.05) is 6.92 Å². The van der Waals surface area contributed by atoms with E-state index in [4.69, 9.17) is 0 Å². The molecule has 0 saturated heterocycles. The fourth-order valence-electron chi connectivity index (χ4n) is 1.68. The molecule has 0 spiro atoms. The highest BCUT2D eigenvalue weighted by Gasteiger charge is 2.12. The first kappa shape index (κ1) is 13.6. The Hall–Kier alpha value is -1.82. The van der Waals surface area contributed by atoms with Gasteiger partial charge in [0.15, 0.2) is 17.5 Å². The number of benzene rings is 1. The topological polar surface area (TPSA) is 29.9 Å². The van der Waals surface area contributed by atoms with Gasteiger partial charge in [-0.25, -0.2) is 17.9 Å². The molecule has 1 N–H and O–H groups in total. The van der Waals surface area contributed by atoms with E-state index in [0.29, 0.717) is 12.6 Å². The summed E-state index contributed by atoms with van der Waals surface area (Å²) in [5.41, 5.74) is 0.734. The van der Waals surface area contributed by atoms with Crippen LogP contribution >= 0.6 is 0 Å². The van der Waals surface area contributed by atoms with Gasteiger partial charge < -0.3 is 5.32 Å². The van der Waals surface area contributed by atoms with Gasteiger partial charge in [-0.15, -0.1) is 0 Å². The molecule has 0 aliphatic heterocycles. The van der Waals surface area contributed by atoms with Gasteiger partial charge in [-0.05, 0) is 13.0 Å². The standard InChI is InChI=1S/C13H14F3N3/c1-2-3-17-6-9-7-18-19(8-9)13-5-11(15)10(14)4-12(13)16/h4-5,7-8,17H,2-3,6H2,1H3. The van der Waals surface area contributed by atoms with E-state index in [2.05, 4.69) is 10.4 Å². The maximum Gasteiger partial charge on any atom is 0.161 e. The zero-order valence-electron chi connectivity index (χ0n) is 10.5. The Labute approximate surface area is 109 Å². The predicted molar refractivity (Wildman–Crippen MR) is 65.4 cm³/mol. The second-order valence-electron chi connectivity index (χ2n) is 4.19. The highest BCUT2D eigenvalue weighted by atomic mass is 19.2. The molecule has 0 saturated carbocycles. The van der Waals surface area contributed by atoms with Crippen molar-refractivity contribution in [2.24, 2.45) is 0 Å². The van der Waals surface area contributed by atoms with E-state index in [0.717, 1.165) is 24.6 Å². The predicted octanol–water partition coefficient (Wildman–Crippen LogP) is 2.79. The zero-order chi connectivity index (χ0) is 13.8. The number of aromatic nitrogens is 2. The fraction of sp³-hybridized carbons (Fsp3) is 0.308. The number of hydrogen-bond acceptors (Lipinski definition) is 2. The van der Waals surface area contributed by atoms with E-state index >= 15 is 0 Å². The minimum atomic E-state index is -1.21. The molecule has 0 radical (unpaired) electrons. The molecule has 0 bridgehead atoms. The van der Waals surface area contributed by atoms with Crippen LogP contribution in [0.1, 0.15) is 18.9 Å². The molecular formula is C13H14F3N3. The lowest BCUT2D eigenvalue weighted by atomic mass is 10.3. The third-order valence-corrected chi connectivity index (χ3v) is 2.63. The maximum atomic E-state index is 13.5. The number of nitrogens with one attached hydrogen (secondary N) is 1. The van der Waals surface area contributed by atoms with Crippen LogP contribution in [-0.2, 0) is 6.54 Å². The summed E-state index contributed by atoms with van der Waals surface area (Å²) in [6.45, 7) is 3.51. The molecule has 3 nitrogen and oxygen atoms in total. The molecular weight excluding hydrogens is 255 g/mol. The van der Waals surface area contributed by atoms with E-state index in [1.165, 1.54) is 4.68 Å². The van der Waals surface area contributed by atoms with Gasteiger partial charge in [0.25, 0.3) is 0 Å². The van der Waals surface area contributed by atoms with E-state index in [1.807, 2.05) is 6.92 Å². The molecule has 0 amide bonds. The van der Waals surface area contributed by atoms with Gasteiger partial charge in [-0.3, -0.25) is 0 Å². The second kappa shape index (κ2) is 5.88. The first-order chi connectivity index (χ1) is 9.11. The molecule has 102 valence electrons. The summed E-state index contributed by atoms with van der Waals surface area (Å²) in [6, 6.07) is 1.31. The van der Waals surface area contributed by atoms with Crippen LogP contribution < -0.4 is 5.32 Å². The highest BCUT2D eigenvalue weighted by Crippen LogP contribution is 2.17. The number of nitrogens with zero attached hydrogens (tertiary/aromatic N) is 2. The van der Waals surface area contributed by atoms with Crippen LogP contribution in [0, 0.1) is 17.5 Å². The van der Waals surface area contributed by atoms with Gasteiger partial charge in [0.1, 0.15) is 5.69 Å². The molecule has 2 aromatic rings. The Kier molecular flexibility index (Phi) is 4.21. The van der Waals surface area contributed by atoms with Gasteiger partial charge in [-0.2, -0.15) is 5.10 Å². The molecule has 6 heteroatoms. The van der Waals surface area contributed by atoms with Crippen molar-refractivity contribution in [3.8, 4) is 5.69 Å². The zero-order valence-corrected chi connectivity index (χ0v) is 10.5. The first-order valence-electron chi connectivity index (χ1n) is 6.01. The quantitative estimate of drug-likeness (QED) is 0.668. The molecule has 0 fully saturated rings. The lowest BCUT2D eigenvalue weighted by Crippen LogP contribution is -2.13. The van der Waals surface area contributed by atoms with Crippen molar-refractivity contribution in [3.63, 3.8) is 0 Å². The van der Waals surface area contributed by atoms with Crippen molar-refractivity contribution in [1.82, 2.24) is 15.1 Å². The van der Waals surface area contributed by atoms with Crippen LogP contribution in [0.2, 0.25) is 0 Å².